The van der Waals surface area contributed by atoms with Crippen molar-refractivity contribution in [1.82, 2.24) is 4.57 Å². The Morgan fingerprint density at radius 3 is 2.67 bits per heavy atom. The molecule has 1 aliphatic heterocycles. The zero-order chi connectivity index (χ0) is 17.3. The van der Waals surface area contributed by atoms with Crippen LogP contribution in [0.25, 0.3) is 0 Å². The van der Waals surface area contributed by atoms with Gasteiger partial charge in [-0.15, -0.1) is 0 Å². The average Bonchev–Trinajstić information content (AvgIpc) is 2.54. The fraction of sp³-hybridized carbons (Fsp3) is 0.278. The number of fused-ring (bicyclic) bond motifs is 1. The number of hydrogen-bond acceptors (Lipinski definition) is 3. The van der Waals surface area contributed by atoms with Crippen molar-refractivity contribution in [2.45, 2.75) is 26.3 Å². The largest absolute Gasteiger partial charge is 0.480 e. The molecule has 1 amide bonds. The number of benzene rings is 1. The number of carboxylic acids is 1. The number of aliphatic carboxylic acids is 1. The minimum atomic E-state index is -1.09. The summed E-state index contributed by atoms with van der Waals surface area (Å²) in [7, 11) is 0. The summed E-state index contributed by atoms with van der Waals surface area (Å²) in [4.78, 5) is 35.7. The number of nitrogens with zero attached hydrogens (tertiary/aromatic N) is 1. The summed E-state index contributed by atoms with van der Waals surface area (Å²) in [6.45, 7) is 1.29. The van der Waals surface area contributed by atoms with Crippen molar-refractivity contribution < 1.29 is 14.7 Å². The van der Waals surface area contributed by atoms with Crippen molar-refractivity contribution in [3.05, 3.63) is 63.6 Å². The van der Waals surface area contributed by atoms with Gasteiger partial charge in [0.2, 0.25) is 5.91 Å². The van der Waals surface area contributed by atoms with Crippen molar-refractivity contribution in [1.29, 1.82) is 0 Å². The molecule has 2 heterocycles. The van der Waals surface area contributed by atoms with Gasteiger partial charge in [-0.2, -0.15) is 0 Å². The summed E-state index contributed by atoms with van der Waals surface area (Å²) in [5.41, 5.74) is 2.16. The molecule has 0 aliphatic carbocycles. The molecule has 0 spiro atoms. The summed E-state index contributed by atoms with van der Waals surface area (Å²) >= 11 is 0. The van der Waals surface area contributed by atoms with E-state index in [1.165, 1.54) is 4.57 Å². The van der Waals surface area contributed by atoms with Crippen LogP contribution in [0.1, 0.15) is 16.8 Å². The lowest BCUT2D eigenvalue weighted by Gasteiger charge is -2.25. The summed E-state index contributed by atoms with van der Waals surface area (Å²) in [5.74, 6) is -1.53. The van der Waals surface area contributed by atoms with E-state index in [-0.39, 0.29) is 17.5 Å². The number of aromatic nitrogens is 1. The van der Waals surface area contributed by atoms with E-state index in [2.05, 4.69) is 5.32 Å². The third kappa shape index (κ3) is 3.08. The van der Waals surface area contributed by atoms with Crippen molar-refractivity contribution in [3.8, 4) is 0 Å². The topological polar surface area (TPSA) is 88.4 Å². The Morgan fingerprint density at radius 2 is 2.00 bits per heavy atom. The molecule has 0 radical (unpaired) electrons. The van der Waals surface area contributed by atoms with Crippen LogP contribution < -0.4 is 10.9 Å². The van der Waals surface area contributed by atoms with E-state index in [1.54, 1.807) is 13.0 Å². The smallest absolute Gasteiger partial charge is 0.323 e. The lowest BCUT2D eigenvalue weighted by molar-refractivity contribution is -0.137. The maximum absolute atomic E-state index is 12.5. The number of carboxylic acid groups (broad SMARTS) is 1. The molecular weight excluding hydrogens is 308 g/mol. The molecule has 1 unspecified atom stereocenters. The first-order valence-electron chi connectivity index (χ1n) is 7.75. The van der Waals surface area contributed by atoms with Gasteiger partial charge in [0.1, 0.15) is 12.2 Å². The molecule has 0 saturated heterocycles. The number of amides is 1. The molecule has 0 fully saturated rings. The minimum Gasteiger partial charge on any atom is -0.480 e. The van der Waals surface area contributed by atoms with Gasteiger partial charge in [0.15, 0.2) is 0 Å². The number of hydrogen-bond donors (Lipinski definition) is 2. The number of nitrogens with one attached hydrogen (secondary N) is 1. The molecule has 1 aliphatic rings. The van der Waals surface area contributed by atoms with Crippen LogP contribution in [0, 0.1) is 12.8 Å². The molecule has 124 valence electrons. The van der Waals surface area contributed by atoms with Crippen LogP contribution in [-0.2, 0) is 29.0 Å². The second kappa shape index (κ2) is 6.31. The van der Waals surface area contributed by atoms with E-state index >= 15 is 0 Å². The molecular formula is C18H18N2O4. The number of carbonyl (C=O) groups excluding carboxylic acids is 1. The molecule has 3 rings (SSSR count). The van der Waals surface area contributed by atoms with Crippen molar-refractivity contribution >= 4 is 17.6 Å². The van der Waals surface area contributed by atoms with Crippen molar-refractivity contribution in [3.63, 3.8) is 0 Å². The Balaban J connectivity index is 1.92. The number of pyridine rings is 1. The predicted octanol–water partition coefficient (Wildman–Crippen LogP) is 1.59. The van der Waals surface area contributed by atoms with Gasteiger partial charge in [-0.05, 0) is 37.0 Å². The molecule has 1 aromatic heterocycles. The highest BCUT2D eigenvalue weighted by atomic mass is 16.4. The van der Waals surface area contributed by atoms with E-state index in [4.69, 9.17) is 5.11 Å². The Labute approximate surface area is 138 Å². The van der Waals surface area contributed by atoms with E-state index in [0.29, 0.717) is 18.5 Å². The maximum atomic E-state index is 12.5. The molecule has 24 heavy (non-hydrogen) atoms. The van der Waals surface area contributed by atoms with Gasteiger partial charge in [-0.3, -0.25) is 19.0 Å². The highest BCUT2D eigenvalue weighted by molar-refractivity contribution is 5.95. The summed E-state index contributed by atoms with van der Waals surface area (Å²) in [5, 5.41) is 11.6. The first kappa shape index (κ1) is 16.0. The van der Waals surface area contributed by atoms with E-state index in [1.807, 2.05) is 30.3 Å². The van der Waals surface area contributed by atoms with Gasteiger partial charge in [0.25, 0.3) is 5.56 Å². The van der Waals surface area contributed by atoms with Crippen molar-refractivity contribution in [2.24, 2.45) is 5.92 Å². The van der Waals surface area contributed by atoms with Gasteiger partial charge in [-0.25, -0.2) is 0 Å². The second-order valence-corrected chi connectivity index (χ2v) is 6.05. The summed E-state index contributed by atoms with van der Waals surface area (Å²) in [6, 6.07) is 11.5. The Bertz CT molecular complexity index is 855. The van der Waals surface area contributed by atoms with E-state index in [9.17, 15) is 14.4 Å². The van der Waals surface area contributed by atoms with Gasteiger partial charge in [0.05, 0.1) is 0 Å². The average molecular weight is 326 g/mol. The first-order chi connectivity index (χ1) is 11.5. The molecule has 1 aromatic carbocycles. The predicted molar refractivity (Wildman–Crippen MR) is 89.0 cm³/mol. The maximum Gasteiger partial charge on any atom is 0.323 e. The molecule has 2 N–H and O–H groups in total. The first-order valence-corrected chi connectivity index (χ1v) is 7.75. The summed E-state index contributed by atoms with van der Waals surface area (Å²) in [6.07, 6.45) is 1.07. The highest BCUT2D eigenvalue weighted by Gasteiger charge is 2.29. The Kier molecular flexibility index (Phi) is 4.20. The van der Waals surface area contributed by atoms with Gasteiger partial charge in [-0.1, -0.05) is 30.3 Å². The fourth-order valence-electron chi connectivity index (χ4n) is 3.11. The molecule has 2 aromatic rings. The van der Waals surface area contributed by atoms with E-state index < -0.39 is 18.1 Å². The zero-order valence-electron chi connectivity index (χ0n) is 13.3. The molecule has 6 nitrogen and oxygen atoms in total. The quantitative estimate of drug-likeness (QED) is 0.893. The lowest BCUT2D eigenvalue weighted by Crippen LogP contribution is -2.38. The van der Waals surface area contributed by atoms with Gasteiger partial charge in [0, 0.05) is 11.6 Å². The molecule has 0 saturated carbocycles. The van der Waals surface area contributed by atoms with Crippen LogP contribution in [0.5, 0.6) is 0 Å². The third-order valence-electron chi connectivity index (χ3n) is 4.29. The van der Waals surface area contributed by atoms with Crippen molar-refractivity contribution in [2.75, 3.05) is 5.32 Å². The number of rotatable bonds is 4. The monoisotopic (exact) mass is 326 g/mol. The normalized spacial score (nSPS) is 16.4. The Hall–Kier alpha value is -2.89. The molecule has 6 heteroatoms. The molecule has 1 atom stereocenters. The van der Waals surface area contributed by atoms with Crippen LogP contribution in [0.4, 0.5) is 5.69 Å². The minimum absolute atomic E-state index is 0.200. The summed E-state index contributed by atoms with van der Waals surface area (Å²) < 4.78 is 1.17. The number of carbonyl (C=O) groups is 2. The lowest BCUT2D eigenvalue weighted by atomic mass is 9.88. The molecule has 0 bridgehead atoms. The Morgan fingerprint density at radius 1 is 1.29 bits per heavy atom. The van der Waals surface area contributed by atoms with E-state index in [0.717, 1.165) is 11.1 Å². The van der Waals surface area contributed by atoms with Crippen LogP contribution in [0.3, 0.4) is 0 Å². The van der Waals surface area contributed by atoms with Crippen LogP contribution in [0.15, 0.2) is 41.2 Å². The number of aryl methyl sites for hydroxylation is 1. The van der Waals surface area contributed by atoms with Crippen LogP contribution >= 0.6 is 0 Å². The zero-order valence-corrected chi connectivity index (χ0v) is 13.3. The van der Waals surface area contributed by atoms with Crippen LogP contribution in [0.2, 0.25) is 0 Å². The van der Waals surface area contributed by atoms with Gasteiger partial charge >= 0.3 is 5.97 Å². The SMILES string of the molecule is Cc1cc2c(c(=O)n1CC(=O)O)NC(=O)C(Cc1ccccc1)C2. The standard InChI is InChI=1S/C18H18N2O4/c1-11-7-13-9-14(8-12-5-3-2-4-6-12)17(23)19-16(13)18(24)20(11)10-15(21)22/h2-7,14H,8-10H2,1H3,(H,19,23)(H,21,22). The second-order valence-electron chi connectivity index (χ2n) is 6.05. The highest BCUT2D eigenvalue weighted by Crippen LogP contribution is 2.26. The van der Waals surface area contributed by atoms with Gasteiger partial charge < -0.3 is 10.4 Å². The third-order valence-corrected chi connectivity index (χ3v) is 4.29. The fourth-order valence-corrected chi connectivity index (χ4v) is 3.11. The van der Waals surface area contributed by atoms with Crippen LogP contribution in [-0.4, -0.2) is 21.6 Å². The number of anilines is 1.